The van der Waals surface area contributed by atoms with Crippen LogP contribution in [-0.2, 0) is 14.3 Å². The second kappa shape index (κ2) is 5.47. The Kier molecular flexibility index (Phi) is 3.51. The molecule has 0 aliphatic heterocycles. The Morgan fingerprint density at radius 3 is 2.04 bits per heavy atom. The van der Waals surface area contributed by atoms with Gasteiger partial charge in [-0.1, -0.05) is 6.42 Å². The van der Waals surface area contributed by atoms with Crippen molar-refractivity contribution in [3.8, 4) is 0 Å². The third-order valence-corrected chi connectivity index (χ3v) is 7.81. The maximum absolute atomic E-state index is 12.5. The highest BCUT2D eigenvalue weighted by atomic mass is 16.7. The lowest BCUT2D eigenvalue weighted by Crippen LogP contribution is -2.50. The van der Waals surface area contributed by atoms with E-state index >= 15 is 0 Å². The molecule has 0 heterocycles. The molecule has 128 valence electrons. The maximum Gasteiger partial charge on any atom is 0.311 e. The van der Waals surface area contributed by atoms with Gasteiger partial charge in [0.2, 0.25) is 0 Å². The van der Waals surface area contributed by atoms with Gasteiger partial charge in [-0.25, -0.2) is 0 Å². The molecular formula is C20H30O3. The van der Waals surface area contributed by atoms with Gasteiger partial charge >= 0.3 is 5.97 Å². The summed E-state index contributed by atoms with van der Waals surface area (Å²) >= 11 is 0. The average molecular weight is 318 g/mol. The lowest BCUT2D eigenvalue weighted by Gasteiger charge is -2.54. The molecule has 6 aliphatic rings. The van der Waals surface area contributed by atoms with E-state index < -0.39 is 0 Å². The number of carbonyl (C=O) groups excluding carboxylic acids is 1. The Morgan fingerprint density at radius 1 is 0.826 bits per heavy atom. The zero-order valence-corrected chi connectivity index (χ0v) is 14.3. The molecule has 6 bridgehead atoms. The molecule has 6 aliphatic carbocycles. The van der Waals surface area contributed by atoms with E-state index in [1.54, 1.807) is 0 Å². The first kappa shape index (κ1) is 14.7. The van der Waals surface area contributed by atoms with Crippen molar-refractivity contribution in [2.75, 3.05) is 0 Å². The maximum atomic E-state index is 12.5. The molecule has 6 fully saturated rings. The fourth-order valence-corrected chi connectivity index (χ4v) is 7.13. The number of carbonyl (C=O) groups is 1. The molecule has 0 amide bonds. The summed E-state index contributed by atoms with van der Waals surface area (Å²) in [6, 6.07) is 0. The van der Waals surface area contributed by atoms with Crippen LogP contribution in [0.25, 0.3) is 0 Å². The molecule has 3 nitrogen and oxygen atoms in total. The number of hydrogen-bond donors (Lipinski definition) is 0. The van der Waals surface area contributed by atoms with Gasteiger partial charge in [0.25, 0.3) is 0 Å². The Bertz CT molecular complexity index is 459. The molecule has 0 spiro atoms. The summed E-state index contributed by atoms with van der Waals surface area (Å²) in [7, 11) is 0. The van der Waals surface area contributed by atoms with Gasteiger partial charge < -0.3 is 9.47 Å². The first-order chi connectivity index (χ1) is 11.2. The molecule has 0 aromatic heterocycles. The van der Waals surface area contributed by atoms with E-state index in [9.17, 15) is 4.79 Å². The molecule has 0 radical (unpaired) electrons. The van der Waals surface area contributed by atoms with Crippen LogP contribution in [0.5, 0.6) is 0 Å². The van der Waals surface area contributed by atoms with Gasteiger partial charge in [-0.3, -0.25) is 4.79 Å². The van der Waals surface area contributed by atoms with Crippen LogP contribution in [0.4, 0.5) is 0 Å². The summed E-state index contributed by atoms with van der Waals surface area (Å²) in [5, 5.41) is 0. The molecular weight excluding hydrogens is 288 g/mol. The van der Waals surface area contributed by atoms with Crippen molar-refractivity contribution in [2.45, 2.75) is 77.1 Å². The van der Waals surface area contributed by atoms with Crippen LogP contribution >= 0.6 is 0 Å². The van der Waals surface area contributed by atoms with Crippen LogP contribution in [0.15, 0.2) is 0 Å². The van der Waals surface area contributed by atoms with Gasteiger partial charge in [-0.15, -0.1) is 0 Å². The molecule has 6 rings (SSSR count). The second-order valence-electron chi connectivity index (χ2n) is 9.32. The minimum atomic E-state index is -0.357. The summed E-state index contributed by atoms with van der Waals surface area (Å²) in [5.41, 5.74) is 0. The summed E-state index contributed by atoms with van der Waals surface area (Å²) in [4.78, 5) is 12.5. The SMILES string of the molecule is CC(OC(=O)C1CC2CCC1C2)OC1C2CC3CC(C2)CC1C3. The monoisotopic (exact) mass is 318 g/mol. The molecule has 23 heavy (non-hydrogen) atoms. The largest absolute Gasteiger partial charge is 0.436 e. The fourth-order valence-electron chi connectivity index (χ4n) is 7.13. The number of ether oxygens (including phenoxy) is 2. The summed E-state index contributed by atoms with van der Waals surface area (Å²) < 4.78 is 12.0. The molecule has 0 aromatic carbocycles. The molecule has 0 N–H and O–H groups in total. The number of rotatable bonds is 4. The number of esters is 1. The van der Waals surface area contributed by atoms with E-state index in [0.29, 0.717) is 12.0 Å². The van der Waals surface area contributed by atoms with Crippen molar-refractivity contribution in [1.29, 1.82) is 0 Å². The van der Waals surface area contributed by atoms with Crippen molar-refractivity contribution in [2.24, 2.45) is 41.4 Å². The normalized spacial score (nSPS) is 51.2. The zero-order chi connectivity index (χ0) is 15.6. The van der Waals surface area contributed by atoms with E-state index in [-0.39, 0.29) is 18.2 Å². The molecule has 6 saturated carbocycles. The first-order valence-corrected chi connectivity index (χ1v) is 10.0. The van der Waals surface area contributed by atoms with Crippen molar-refractivity contribution < 1.29 is 14.3 Å². The summed E-state index contributed by atoms with van der Waals surface area (Å²) in [6.45, 7) is 1.94. The minimum Gasteiger partial charge on any atom is -0.436 e. The Hall–Kier alpha value is -0.570. The smallest absolute Gasteiger partial charge is 0.311 e. The van der Waals surface area contributed by atoms with E-state index in [1.807, 2.05) is 6.92 Å². The highest BCUT2D eigenvalue weighted by molar-refractivity contribution is 5.73. The van der Waals surface area contributed by atoms with Crippen molar-refractivity contribution in [3.05, 3.63) is 0 Å². The highest BCUT2D eigenvalue weighted by Gasteiger charge is 2.50. The second-order valence-corrected chi connectivity index (χ2v) is 9.32. The number of fused-ring (bicyclic) bond motifs is 2. The fraction of sp³-hybridized carbons (Fsp3) is 0.950. The van der Waals surface area contributed by atoms with E-state index in [0.717, 1.165) is 36.0 Å². The van der Waals surface area contributed by atoms with E-state index in [4.69, 9.17) is 9.47 Å². The standard InChI is InChI=1S/C20H30O3/c1-11(23-20(21)18-10-12-2-3-15(18)5-12)22-19-16-6-13-4-14(8-16)9-17(19)7-13/h11-19H,2-10H2,1H3. The quantitative estimate of drug-likeness (QED) is 0.577. The van der Waals surface area contributed by atoms with Gasteiger partial charge in [-0.05, 0) is 93.8 Å². The van der Waals surface area contributed by atoms with Crippen LogP contribution in [0, 0.1) is 41.4 Å². The van der Waals surface area contributed by atoms with E-state index in [1.165, 1.54) is 51.4 Å². The van der Waals surface area contributed by atoms with Crippen molar-refractivity contribution in [3.63, 3.8) is 0 Å². The van der Waals surface area contributed by atoms with Gasteiger partial charge in [-0.2, -0.15) is 0 Å². The predicted octanol–water partition coefficient (Wildman–Crippen LogP) is 4.15. The van der Waals surface area contributed by atoms with Crippen LogP contribution < -0.4 is 0 Å². The lowest BCUT2D eigenvalue weighted by atomic mass is 9.55. The lowest BCUT2D eigenvalue weighted by molar-refractivity contribution is -0.222. The summed E-state index contributed by atoms with van der Waals surface area (Å²) in [6.07, 6.45) is 11.7. The highest BCUT2D eigenvalue weighted by Crippen LogP contribution is 2.55. The number of hydrogen-bond acceptors (Lipinski definition) is 3. The summed E-state index contributed by atoms with van der Waals surface area (Å²) in [5.74, 6) is 4.96. The van der Waals surface area contributed by atoms with Crippen molar-refractivity contribution >= 4 is 5.97 Å². The molecule has 3 heteroatoms. The zero-order valence-electron chi connectivity index (χ0n) is 14.3. The van der Waals surface area contributed by atoms with Crippen LogP contribution in [0.1, 0.15) is 64.7 Å². The van der Waals surface area contributed by atoms with E-state index in [2.05, 4.69) is 0 Å². The molecule has 4 atom stereocenters. The molecule has 4 unspecified atom stereocenters. The Morgan fingerprint density at radius 2 is 1.48 bits per heavy atom. The van der Waals surface area contributed by atoms with Gasteiger partial charge in [0.15, 0.2) is 6.29 Å². The van der Waals surface area contributed by atoms with Crippen LogP contribution in [0.2, 0.25) is 0 Å². The topological polar surface area (TPSA) is 35.5 Å². The first-order valence-electron chi connectivity index (χ1n) is 10.0. The third kappa shape index (κ3) is 2.54. The molecule has 0 aromatic rings. The van der Waals surface area contributed by atoms with Gasteiger partial charge in [0.05, 0.1) is 12.0 Å². The van der Waals surface area contributed by atoms with Crippen LogP contribution in [-0.4, -0.2) is 18.4 Å². The Balaban J connectivity index is 1.17. The van der Waals surface area contributed by atoms with Crippen molar-refractivity contribution in [1.82, 2.24) is 0 Å². The Labute approximate surface area is 139 Å². The van der Waals surface area contributed by atoms with Gasteiger partial charge in [0, 0.05) is 0 Å². The average Bonchev–Trinajstić information content (AvgIpc) is 3.13. The minimum absolute atomic E-state index is 0.0218. The van der Waals surface area contributed by atoms with Gasteiger partial charge in [0.1, 0.15) is 0 Å². The third-order valence-electron chi connectivity index (χ3n) is 7.81. The van der Waals surface area contributed by atoms with Crippen LogP contribution in [0.3, 0.4) is 0 Å². The predicted molar refractivity (Wildman–Crippen MR) is 86.4 cm³/mol. The molecule has 0 saturated heterocycles.